The highest BCUT2D eigenvalue weighted by Gasteiger charge is 2.62. The first-order valence-corrected chi connectivity index (χ1v) is 7.87. The largest absolute Gasteiger partial charge is 0.383 e. The van der Waals surface area contributed by atoms with E-state index in [-0.39, 0.29) is 43.8 Å². The summed E-state index contributed by atoms with van der Waals surface area (Å²) in [7, 11) is 0. The summed E-state index contributed by atoms with van der Waals surface area (Å²) in [6.45, 7) is 3.81. The van der Waals surface area contributed by atoms with Crippen molar-refractivity contribution in [1.29, 1.82) is 0 Å². The Morgan fingerprint density at radius 2 is 1.95 bits per heavy atom. The Bertz CT molecular complexity index is 450. The molecule has 0 aromatic heterocycles. The molecule has 1 heterocycles. The summed E-state index contributed by atoms with van der Waals surface area (Å²) >= 11 is 0. The first-order valence-electron chi connectivity index (χ1n) is 7.87. The number of nitrogens with one attached hydrogen (secondary N) is 1. The predicted octanol–water partition coefficient (Wildman–Crippen LogP) is 1.30. The third-order valence-electron chi connectivity index (χ3n) is 4.61. The van der Waals surface area contributed by atoms with Crippen LogP contribution in [0.4, 0.5) is 8.78 Å². The van der Waals surface area contributed by atoms with Crippen LogP contribution < -0.4 is 5.32 Å². The molecule has 2 amide bonds. The highest BCUT2D eigenvalue weighted by Crippen LogP contribution is 2.45. The van der Waals surface area contributed by atoms with Gasteiger partial charge in [0.2, 0.25) is 5.91 Å². The molecule has 2 N–H and O–H groups in total. The number of amides is 2. The van der Waals surface area contributed by atoms with Crippen LogP contribution in [0.5, 0.6) is 0 Å². The molecule has 1 aliphatic carbocycles. The second kappa shape index (κ2) is 6.10. The van der Waals surface area contributed by atoms with E-state index in [9.17, 15) is 23.5 Å². The zero-order chi connectivity index (χ0) is 16.5. The third-order valence-corrected chi connectivity index (χ3v) is 4.61. The molecular formula is C15H24F2N2O3. The Hall–Kier alpha value is -1.24. The molecule has 2 fully saturated rings. The summed E-state index contributed by atoms with van der Waals surface area (Å²) < 4.78 is 28.4. The van der Waals surface area contributed by atoms with E-state index >= 15 is 0 Å². The van der Waals surface area contributed by atoms with Crippen LogP contribution >= 0.6 is 0 Å². The van der Waals surface area contributed by atoms with Gasteiger partial charge < -0.3 is 15.3 Å². The van der Waals surface area contributed by atoms with Crippen molar-refractivity contribution in [3.05, 3.63) is 0 Å². The quantitative estimate of drug-likeness (QED) is 0.821. The van der Waals surface area contributed by atoms with Gasteiger partial charge in [-0.25, -0.2) is 0 Å². The zero-order valence-corrected chi connectivity index (χ0v) is 13.1. The van der Waals surface area contributed by atoms with Crippen LogP contribution in [0.2, 0.25) is 0 Å². The van der Waals surface area contributed by atoms with Crippen molar-refractivity contribution in [2.24, 2.45) is 5.92 Å². The number of alkyl halides is 2. The first kappa shape index (κ1) is 17.1. The van der Waals surface area contributed by atoms with E-state index in [0.717, 1.165) is 4.90 Å². The summed E-state index contributed by atoms with van der Waals surface area (Å²) in [4.78, 5) is 24.9. The van der Waals surface area contributed by atoms with Gasteiger partial charge >= 0.3 is 5.92 Å². The van der Waals surface area contributed by atoms with Crippen molar-refractivity contribution in [3.63, 3.8) is 0 Å². The molecular weight excluding hydrogens is 294 g/mol. The number of rotatable bonds is 4. The number of likely N-dealkylation sites (tertiary alicyclic amines) is 1. The Kier molecular flexibility index (Phi) is 4.75. The van der Waals surface area contributed by atoms with Crippen LogP contribution in [-0.4, -0.2) is 52.5 Å². The number of aliphatic hydroxyl groups is 1. The second-order valence-corrected chi connectivity index (χ2v) is 6.71. The van der Waals surface area contributed by atoms with E-state index in [2.05, 4.69) is 5.32 Å². The van der Waals surface area contributed by atoms with Gasteiger partial charge in [0, 0.05) is 25.0 Å². The molecule has 2 aliphatic rings. The van der Waals surface area contributed by atoms with Gasteiger partial charge in [0.25, 0.3) is 5.91 Å². The topological polar surface area (TPSA) is 69.6 Å². The molecule has 0 aromatic rings. The van der Waals surface area contributed by atoms with E-state index in [4.69, 9.17) is 0 Å². The number of hydrogen-bond donors (Lipinski definition) is 2. The molecule has 1 atom stereocenters. The van der Waals surface area contributed by atoms with E-state index in [1.807, 2.05) is 0 Å². The van der Waals surface area contributed by atoms with Crippen molar-refractivity contribution in [3.8, 4) is 0 Å². The molecule has 1 saturated carbocycles. The number of carbonyl (C=O) groups excluding carboxylic acids is 2. The number of carbonyl (C=O) groups is 2. The van der Waals surface area contributed by atoms with Crippen molar-refractivity contribution in [2.45, 2.75) is 63.5 Å². The Balaban J connectivity index is 1.99. The lowest BCUT2D eigenvalue weighted by molar-refractivity contribution is -0.224. The Morgan fingerprint density at radius 3 is 2.45 bits per heavy atom. The number of halogens is 2. The highest BCUT2D eigenvalue weighted by molar-refractivity contribution is 5.85. The van der Waals surface area contributed by atoms with E-state index in [1.165, 1.54) is 0 Å². The minimum atomic E-state index is -3.75. The maximum absolute atomic E-state index is 14.2. The van der Waals surface area contributed by atoms with Crippen molar-refractivity contribution >= 4 is 11.8 Å². The Labute approximate surface area is 129 Å². The van der Waals surface area contributed by atoms with Crippen molar-refractivity contribution in [1.82, 2.24) is 10.2 Å². The van der Waals surface area contributed by atoms with Crippen LogP contribution in [0.25, 0.3) is 0 Å². The summed E-state index contributed by atoms with van der Waals surface area (Å²) in [6, 6.07) is -0.306. The van der Waals surface area contributed by atoms with E-state index < -0.39 is 17.4 Å². The molecule has 0 spiro atoms. The molecule has 7 heteroatoms. The average molecular weight is 318 g/mol. The summed E-state index contributed by atoms with van der Waals surface area (Å²) in [5.41, 5.74) is -2.20. The number of nitrogens with zero attached hydrogens (tertiary/aromatic N) is 1. The normalized spacial score (nSPS) is 24.8. The van der Waals surface area contributed by atoms with Crippen LogP contribution in [-0.2, 0) is 9.59 Å². The zero-order valence-electron chi connectivity index (χ0n) is 13.1. The maximum Gasteiger partial charge on any atom is 0.352 e. The molecule has 1 saturated heterocycles. The SMILES string of the molecule is CC(C)C(=O)NC1CCCN(C(=O)C(F)(F)C2(O)CCC2)C1. The fraction of sp³-hybridized carbons (Fsp3) is 0.867. The summed E-state index contributed by atoms with van der Waals surface area (Å²) in [5.74, 6) is -5.42. The van der Waals surface area contributed by atoms with Crippen LogP contribution in [0.1, 0.15) is 46.0 Å². The van der Waals surface area contributed by atoms with Gasteiger partial charge in [-0.15, -0.1) is 0 Å². The minimum Gasteiger partial charge on any atom is -0.383 e. The second-order valence-electron chi connectivity index (χ2n) is 6.71. The summed E-state index contributed by atoms with van der Waals surface area (Å²) in [5, 5.41) is 12.6. The molecule has 126 valence electrons. The van der Waals surface area contributed by atoms with Gasteiger partial charge in [0.1, 0.15) is 5.60 Å². The fourth-order valence-corrected chi connectivity index (χ4v) is 2.87. The number of piperidine rings is 1. The highest BCUT2D eigenvalue weighted by atomic mass is 19.3. The van der Waals surface area contributed by atoms with Gasteiger partial charge in [-0.05, 0) is 32.1 Å². The van der Waals surface area contributed by atoms with Crippen LogP contribution in [0.15, 0.2) is 0 Å². The Morgan fingerprint density at radius 1 is 1.32 bits per heavy atom. The monoisotopic (exact) mass is 318 g/mol. The fourth-order valence-electron chi connectivity index (χ4n) is 2.87. The van der Waals surface area contributed by atoms with Gasteiger partial charge in [-0.2, -0.15) is 8.78 Å². The lowest BCUT2D eigenvalue weighted by atomic mass is 9.75. The smallest absolute Gasteiger partial charge is 0.352 e. The van der Waals surface area contributed by atoms with Gasteiger partial charge in [-0.1, -0.05) is 13.8 Å². The lowest BCUT2D eigenvalue weighted by Crippen LogP contribution is -2.63. The molecule has 0 radical (unpaired) electrons. The molecule has 2 rings (SSSR count). The van der Waals surface area contributed by atoms with Crippen LogP contribution in [0.3, 0.4) is 0 Å². The summed E-state index contributed by atoms with van der Waals surface area (Å²) in [6.07, 6.45) is 1.63. The average Bonchev–Trinajstić information content (AvgIpc) is 2.43. The molecule has 5 nitrogen and oxygen atoms in total. The standard InChI is InChI=1S/C15H24F2N2O3/c1-10(2)12(20)18-11-5-3-8-19(9-11)13(21)15(16,17)14(22)6-4-7-14/h10-11,22H,3-9H2,1-2H3,(H,18,20). The maximum atomic E-state index is 14.2. The molecule has 0 aromatic carbocycles. The molecule has 22 heavy (non-hydrogen) atoms. The van der Waals surface area contributed by atoms with Gasteiger partial charge in [0.05, 0.1) is 0 Å². The van der Waals surface area contributed by atoms with Gasteiger partial charge in [0.15, 0.2) is 0 Å². The number of hydrogen-bond acceptors (Lipinski definition) is 3. The van der Waals surface area contributed by atoms with Crippen molar-refractivity contribution < 1.29 is 23.5 Å². The van der Waals surface area contributed by atoms with Crippen molar-refractivity contribution in [2.75, 3.05) is 13.1 Å². The van der Waals surface area contributed by atoms with E-state index in [1.54, 1.807) is 13.8 Å². The first-order chi connectivity index (χ1) is 10.2. The molecule has 1 aliphatic heterocycles. The minimum absolute atomic E-state index is 0.0485. The van der Waals surface area contributed by atoms with Crippen LogP contribution in [0, 0.1) is 5.92 Å². The molecule has 1 unspecified atom stereocenters. The van der Waals surface area contributed by atoms with Gasteiger partial charge in [-0.3, -0.25) is 9.59 Å². The molecule has 0 bridgehead atoms. The lowest BCUT2D eigenvalue weighted by Gasteiger charge is -2.44. The van der Waals surface area contributed by atoms with E-state index in [0.29, 0.717) is 19.3 Å². The predicted molar refractivity (Wildman–Crippen MR) is 76.3 cm³/mol. The third kappa shape index (κ3) is 3.09.